The van der Waals surface area contributed by atoms with E-state index in [1.165, 1.54) is 6.07 Å². The Bertz CT molecular complexity index is 512. The summed E-state index contributed by atoms with van der Waals surface area (Å²) in [5.41, 5.74) is 0.949. The van der Waals surface area contributed by atoms with Crippen LogP contribution in [-0.4, -0.2) is 39.4 Å². The third-order valence-corrected chi connectivity index (χ3v) is 3.19. The molecule has 0 aliphatic rings. The van der Waals surface area contributed by atoms with Crippen molar-refractivity contribution in [1.29, 1.82) is 0 Å². The first-order chi connectivity index (χ1) is 8.41. The number of hydrogen-bond acceptors (Lipinski definition) is 5. The average molecular weight is 270 g/mol. The standard InChI is InChI=1S/C12H18N2O3S/c1-10(2)9-17-8-7-14-12-11(18(3,15)16)5-4-6-13-12/h4-6H,1,7-9H2,2-3H3,(H,13,14). The van der Waals surface area contributed by atoms with Gasteiger partial charge in [-0.2, -0.15) is 0 Å². The second-order valence-corrected chi connectivity index (χ2v) is 6.04. The quantitative estimate of drug-likeness (QED) is 0.600. The molecule has 0 amide bonds. The molecule has 0 bridgehead atoms. The van der Waals surface area contributed by atoms with Crippen LogP contribution in [0, 0.1) is 0 Å². The van der Waals surface area contributed by atoms with Crippen LogP contribution in [-0.2, 0) is 14.6 Å². The smallest absolute Gasteiger partial charge is 0.179 e. The van der Waals surface area contributed by atoms with E-state index in [0.717, 1.165) is 11.8 Å². The SMILES string of the molecule is C=C(C)COCCNc1ncccc1S(C)(=O)=O. The number of nitrogens with one attached hydrogen (secondary N) is 1. The zero-order chi connectivity index (χ0) is 13.6. The zero-order valence-electron chi connectivity index (χ0n) is 10.6. The van der Waals surface area contributed by atoms with Gasteiger partial charge in [0.05, 0.1) is 13.2 Å². The lowest BCUT2D eigenvalue weighted by Gasteiger charge is -2.09. The fraction of sp³-hybridized carbons (Fsp3) is 0.417. The second kappa shape index (κ2) is 6.51. The van der Waals surface area contributed by atoms with Crippen molar-refractivity contribution >= 4 is 15.7 Å². The number of sulfone groups is 1. The average Bonchev–Trinajstić information content (AvgIpc) is 2.27. The molecule has 100 valence electrons. The van der Waals surface area contributed by atoms with Crippen LogP contribution in [0.1, 0.15) is 6.92 Å². The molecule has 0 fully saturated rings. The summed E-state index contributed by atoms with van der Waals surface area (Å²) >= 11 is 0. The van der Waals surface area contributed by atoms with E-state index in [4.69, 9.17) is 4.74 Å². The highest BCUT2D eigenvalue weighted by molar-refractivity contribution is 7.90. The molecular formula is C12H18N2O3S. The van der Waals surface area contributed by atoms with Gasteiger partial charge >= 0.3 is 0 Å². The van der Waals surface area contributed by atoms with Crippen molar-refractivity contribution in [2.75, 3.05) is 31.3 Å². The van der Waals surface area contributed by atoms with Gasteiger partial charge in [0, 0.05) is 19.0 Å². The van der Waals surface area contributed by atoms with Gasteiger partial charge in [-0.05, 0) is 19.1 Å². The Labute approximate surface area is 108 Å². The molecule has 1 rings (SSSR count). The number of pyridine rings is 1. The van der Waals surface area contributed by atoms with Gasteiger partial charge in [0.1, 0.15) is 10.7 Å². The molecule has 1 N–H and O–H groups in total. The van der Waals surface area contributed by atoms with Crippen LogP contribution in [0.25, 0.3) is 0 Å². The summed E-state index contributed by atoms with van der Waals surface area (Å²) in [5, 5.41) is 2.95. The van der Waals surface area contributed by atoms with E-state index in [2.05, 4.69) is 16.9 Å². The molecule has 0 saturated carbocycles. The number of hydrogen-bond donors (Lipinski definition) is 1. The minimum atomic E-state index is -3.27. The highest BCUT2D eigenvalue weighted by Crippen LogP contribution is 2.17. The molecule has 6 heteroatoms. The van der Waals surface area contributed by atoms with Crippen molar-refractivity contribution in [3.05, 3.63) is 30.5 Å². The lowest BCUT2D eigenvalue weighted by atomic mass is 10.4. The molecule has 0 spiro atoms. The maximum absolute atomic E-state index is 11.5. The summed E-state index contributed by atoms with van der Waals surface area (Å²) in [6.45, 7) is 7.06. The predicted octanol–water partition coefficient (Wildman–Crippen LogP) is 1.49. The summed E-state index contributed by atoms with van der Waals surface area (Å²) in [4.78, 5) is 4.21. The molecule has 0 radical (unpaired) electrons. The first-order valence-electron chi connectivity index (χ1n) is 5.52. The summed E-state index contributed by atoms with van der Waals surface area (Å²) in [6.07, 6.45) is 2.71. The first-order valence-corrected chi connectivity index (χ1v) is 7.41. The van der Waals surface area contributed by atoms with Crippen molar-refractivity contribution in [2.45, 2.75) is 11.8 Å². The molecule has 5 nitrogen and oxygen atoms in total. The van der Waals surface area contributed by atoms with Gasteiger partial charge < -0.3 is 10.1 Å². The number of nitrogens with zero attached hydrogens (tertiary/aromatic N) is 1. The summed E-state index contributed by atoms with van der Waals surface area (Å²) in [5.74, 6) is 0.360. The number of aromatic nitrogens is 1. The highest BCUT2D eigenvalue weighted by atomic mass is 32.2. The Kier molecular flexibility index (Phi) is 5.30. The van der Waals surface area contributed by atoms with Crippen LogP contribution in [0.2, 0.25) is 0 Å². The minimum Gasteiger partial charge on any atom is -0.375 e. The number of rotatable bonds is 7. The van der Waals surface area contributed by atoms with Gasteiger partial charge in [-0.1, -0.05) is 12.2 Å². The molecule has 18 heavy (non-hydrogen) atoms. The number of anilines is 1. The largest absolute Gasteiger partial charge is 0.375 e. The third-order valence-electron chi connectivity index (χ3n) is 2.06. The maximum atomic E-state index is 11.5. The van der Waals surface area contributed by atoms with Crippen LogP contribution in [0.15, 0.2) is 35.4 Å². The molecule has 1 aromatic rings. The van der Waals surface area contributed by atoms with Crippen molar-refractivity contribution in [3.63, 3.8) is 0 Å². The Hall–Kier alpha value is -1.40. The van der Waals surface area contributed by atoms with Crippen LogP contribution < -0.4 is 5.32 Å². The predicted molar refractivity (Wildman–Crippen MR) is 71.5 cm³/mol. The maximum Gasteiger partial charge on any atom is 0.179 e. The topological polar surface area (TPSA) is 68.3 Å². The lowest BCUT2D eigenvalue weighted by Crippen LogP contribution is -2.13. The van der Waals surface area contributed by atoms with E-state index < -0.39 is 9.84 Å². The van der Waals surface area contributed by atoms with Gasteiger partial charge in [0.25, 0.3) is 0 Å². The van der Waals surface area contributed by atoms with E-state index in [-0.39, 0.29) is 4.90 Å². The van der Waals surface area contributed by atoms with E-state index in [1.54, 1.807) is 12.3 Å². The van der Waals surface area contributed by atoms with E-state index in [0.29, 0.717) is 25.6 Å². The second-order valence-electron chi connectivity index (χ2n) is 4.06. The van der Waals surface area contributed by atoms with Gasteiger partial charge in [-0.3, -0.25) is 0 Å². The van der Waals surface area contributed by atoms with Gasteiger partial charge in [-0.15, -0.1) is 0 Å². The number of ether oxygens (including phenoxy) is 1. The van der Waals surface area contributed by atoms with Crippen LogP contribution in [0.5, 0.6) is 0 Å². The van der Waals surface area contributed by atoms with Gasteiger partial charge in [0.2, 0.25) is 0 Å². The van der Waals surface area contributed by atoms with E-state index in [9.17, 15) is 8.42 Å². The van der Waals surface area contributed by atoms with Gasteiger partial charge in [0.15, 0.2) is 9.84 Å². The van der Waals surface area contributed by atoms with E-state index >= 15 is 0 Å². The highest BCUT2D eigenvalue weighted by Gasteiger charge is 2.13. The summed E-state index contributed by atoms with van der Waals surface area (Å²) in [6, 6.07) is 3.12. The molecule has 0 unspecified atom stereocenters. The molecule has 1 heterocycles. The normalized spacial score (nSPS) is 11.2. The fourth-order valence-corrected chi connectivity index (χ4v) is 2.11. The first kappa shape index (κ1) is 14.7. The van der Waals surface area contributed by atoms with Crippen LogP contribution >= 0.6 is 0 Å². The Morgan fingerprint density at radius 2 is 2.28 bits per heavy atom. The Morgan fingerprint density at radius 3 is 2.89 bits per heavy atom. The molecule has 0 aromatic carbocycles. The third kappa shape index (κ3) is 4.85. The van der Waals surface area contributed by atoms with Crippen molar-refractivity contribution in [3.8, 4) is 0 Å². The van der Waals surface area contributed by atoms with Crippen molar-refractivity contribution in [1.82, 2.24) is 4.98 Å². The molecule has 0 atom stereocenters. The van der Waals surface area contributed by atoms with E-state index in [1.807, 2.05) is 6.92 Å². The van der Waals surface area contributed by atoms with Crippen molar-refractivity contribution < 1.29 is 13.2 Å². The molecular weight excluding hydrogens is 252 g/mol. The molecule has 0 saturated heterocycles. The van der Waals surface area contributed by atoms with Gasteiger partial charge in [-0.25, -0.2) is 13.4 Å². The van der Waals surface area contributed by atoms with Crippen LogP contribution in [0.4, 0.5) is 5.82 Å². The molecule has 1 aromatic heterocycles. The van der Waals surface area contributed by atoms with Crippen molar-refractivity contribution in [2.24, 2.45) is 0 Å². The molecule has 0 aliphatic carbocycles. The summed E-state index contributed by atoms with van der Waals surface area (Å²) in [7, 11) is -3.27. The minimum absolute atomic E-state index is 0.199. The Morgan fingerprint density at radius 1 is 1.56 bits per heavy atom. The lowest BCUT2D eigenvalue weighted by molar-refractivity contribution is 0.167. The fourth-order valence-electron chi connectivity index (χ4n) is 1.31. The zero-order valence-corrected chi connectivity index (χ0v) is 11.5. The van der Waals surface area contributed by atoms with Crippen LogP contribution in [0.3, 0.4) is 0 Å². The summed E-state index contributed by atoms with van der Waals surface area (Å²) < 4.78 is 28.3. The molecule has 0 aliphatic heterocycles. The monoisotopic (exact) mass is 270 g/mol. The Balaban J connectivity index is 2.55.